The number of rotatable bonds is 6. The van der Waals surface area contributed by atoms with Crippen LogP contribution in [0.5, 0.6) is 0 Å². The van der Waals surface area contributed by atoms with Crippen molar-refractivity contribution >= 4 is 11.7 Å². The molecule has 0 aliphatic heterocycles. The molecule has 0 aromatic heterocycles. The zero-order valence-electron chi connectivity index (χ0n) is 14.5. The van der Waals surface area contributed by atoms with Crippen LogP contribution in [0.2, 0.25) is 0 Å². The standard InChI is InChI=1S/C21H22FNO2/c1-3-19(24)17-12-16(10-11-18(17)22)21(25)23-20(15-8-9-15)14-6-4-13(2)5-7-14/h4-7,10-12,15,20H,3,8-9H2,1-2H3,(H,23,25). The van der Waals surface area contributed by atoms with Crippen molar-refractivity contribution in [2.24, 2.45) is 5.92 Å². The lowest BCUT2D eigenvalue weighted by atomic mass is 10.00. The Kier molecular flexibility index (Phi) is 4.98. The van der Waals surface area contributed by atoms with Crippen LogP contribution >= 0.6 is 0 Å². The molecule has 0 radical (unpaired) electrons. The monoisotopic (exact) mass is 339 g/mol. The van der Waals surface area contributed by atoms with E-state index in [9.17, 15) is 14.0 Å². The summed E-state index contributed by atoms with van der Waals surface area (Å²) < 4.78 is 13.8. The summed E-state index contributed by atoms with van der Waals surface area (Å²) in [5, 5.41) is 3.06. The van der Waals surface area contributed by atoms with Gasteiger partial charge in [0, 0.05) is 12.0 Å². The minimum absolute atomic E-state index is 0.0199. The summed E-state index contributed by atoms with van der Waals surface area (Å²) in [5.41, 5.74) is 2.55. The number of Topliss-reactive ketones (excluding diaryl/α,β-unsaturated/α-hetero) is 1. The number of aryl methyl sites for hydroxylation is 1. The minimum Gasteiger partial charge on any atom is -0.345 e. The maximum Gasteiger partial charge on any atom is 0.251 e. The molecule has 0 heterocycles. The van der Waals surface area contributed by atoms with Crippen molar-refractivity contribution in [3.63, 3.8) is 0 Å². The molecule has 1 saturated carbocycles. The number of halogens is 1. The molecule has 2 aromatic rings. The lowest BCUT2D eigenvalue weighted by Gasteiger charge is -2.19. The van der Waals surface area contributed by atoms with Gasteiger partial charge in [-0.05, 0) is 49.4 Å². The molecule has 1 unspecified atom stereocenters. The third kappa shape index (κ3) is 3.95. The van der Waals surface area contributed by atoms with Gasteiger partial charge in [-0.15, -0.1) is 0 Å². The largest absolute Gasteiger partial charge is 0.345 e. The van der Waals surface area contributed by atoms with Gasteiger partial charge in [-0.2, -0.15) is 0 Å². The smallest absolute Gasteiger partial charge is 0.251 e. The number of carbonyl (C=O) groups excluding carboxylic acids is 2. The topological polar surface area (TPSA) is 46.2 Å². The highest BCUT2D eigenvalue weighted by molar-refractivity contribution is 6.00. The van der Waals surface area contributed by atoms with Crippen molar-refractivity contribution in [1.29, 1.82) is 0 Å². The molecule has 1 aliphatic rings. The molecule has 4 heteroatoms. The van der Waals surface area contributed by atoms with Crippen molar-refractivity contribution in [2.75, 3.05) is 0 Å². The first-order chi connectivity index (χ1) is 12.0. The van der Waals surface area contributed by atoms with Crippen molar-refractivity contribution in [3.8, 4) is 0 Å². The van der Waals surface area contributed by atoms with Crippen LogP contribution in [0, 0.1) is 18.7 Å². The Labute approximate surface area is 147 Å². The van der Waals surface area contributed by atoms with Gasteiger partial charge in [0.15, 0.2) is 5.78 Å². The Morgan fingerprint density at radius 1 is 1.16 bits per heavy atom. The van der Waals surface area contributed by atoms with E-state index in [-0.39, 0.29) is 29.7 Å². The molecule has 3 nitrogen and oxygen atoms in total. The van der Waals surface area contributed by atoms with Gasteiger partial charge in [0.25, 0.3) is 5.91 Å². The first-order valence-corrected chi connectivity index (χ1v) is 8.69. The van der Waals surface area contributed by atoms with Crippen LogP contribution in [0.3, 0.4) is 0 Å². The summed E-state index contributed by atoms with van der Waals surface area (Å²) in [6.45, 7) is 3.70. The Balaban J connectivity index is 1.82. The van der Waals surface area contributed by atoms with Crippen LogP contribution in [-0.4, -0.2) is 11.7 Å². The molecule has 25 heavy (non-hydrogen) atoms. The second kappa shape index (κ2) is 7.18. The van der Waals surface area contributed by atoms with Gasteiger partial charge in [0.05, 0.1) is 11.6 Å². The van der Waals surface area contributed by atoms with E-state index in [0.29, 0.717) is 11.5 Å². The van der Waals surface area contributed by atoms with E-state index < -0.39 is 5.82 Å². The molecule has 0 saturated heterocycles. The van der Waals surface area contributed by atoms with Gasteiger partial charge < -0.3 is 5.32 Å². The van der Waals surface area contributed by atoms with Crippen molar-refractivity contribution in [3.05, 3.63) is 70.5 Å². The quantitative estimate of drug-likeness (QED) is 0.781. The van der Waals surface area contributed by atoms with E-state index >= 15 is 0 Å². The van der Waals surface area contributed by atoms with E-state index in [1.54, 1.807) is 6.92 Å². The van der Waals surface area contributed by atoms with Crippen LogP contribution < -0.4 is 5.32 Å². The number of ketones is 1. The molecule has 1 N–H and O–H groups in total. The highest BCUT2D eigenvalue weighted by Gasteiger charge is 2.33. The van der Waals surface area contributed by atoms with Gasteiger partial charge in [-0.1, -0.05) is 36.8 Å². The molecule has 1 fully saturated rings. The van der Waals surface area contributed by atoms with Crippen LogP contribution in [-0.2, 0) is 0 Å². The van der Waals surface area contributed by atoms with Gasteiger partial charge in [-0.3, -0.25) is 9.59 Å². The molecular weight excluding hydrogens is 317 g/mol. The predicted octanol–water partition coefficient (Wildman–Crippen LogP) is 4.61. The molecule has 130 valence electrons. The van der Waals surface area contributed by atoms with E-state index in [4.69, 9.17) is 0 Å². The molecule has 1 aliphatic carbocycles. The molecular formula is C21H22FNO2. The van der Waals surface area contributed by atoms with E-state index in [2.05, 4.69) is 5.32 Å². The van der Waals surface area contributed by atoms with Gasteiger partial charge in [0.2, 0.25) is 0 Å². The number of hydrogen-bond acceptors (Lipinski definition) is 2. The number of amides is 1. The number of benzene rings is 2. The third-order valence-corrected chi connectivity index (χ3v) is 4.67. The minimum atomic E-state index is -0.583. The summed E-state index contributed by atoms with van der Waals surface area (Å²) in [6, 6.07) is 12.1. The predicted molar refractivity (Wildman–Crippen MR) is 95.1 cm³/mol. The van der Waals surface area contributed by atoms with Gasteiger partial charge in [0.1, 0.15) is 5.82 Å². The maximum absolute atomic E-state index is 13.8. The Hall–Kier alpha value is -2.49. The lowest BCUT2D eigenvalue weighted by molar-refractivity contribution is 0.0931. The lowest BCUT2D eigenvalue weighted by Crippen LogP contribution is -2.30. The molecule has 1 atom stereocenters. The summed E-state index contributed by atoms with van der Waals surface area (Å²) in [5.74, 6) is -0.725. The van der Waals surface area contributed by atoms with Crippen LogP contribution in [0.1, 0.15) is 64.1 Å². The molecule has 1 amide bonds. The second-order valence-electron chi connectivity index (χ2n) is 6.67. The maximum atomic E-state index is 13.8. The average Bonchev–Trinajstić information content (AvgIpc) is 3.45. The molecule has 3 rings (SSSR count). The summed E-state index contributed by atoms with van der Waals surface area (Å²) in [4.78, 5) is 24.5. The Morgan fingerprint density at radius 3 is 2.44 bits per heavy atom. The average molecular weight is 339 g/mol. The second-order valence-corrected chi connectivity index (χ2v) is 6.67. The summed E-state index contributed by atoms with van der Waals surface area (Å²) in [6.07, 6.45) is 2.37. The summed E-state index contributed by atoms with van der Waals surface area (Å²) >= 11 is 0. The molecule has 0 bridgehead atoms. The first kappa shape index (κ1) is 17.3. The normalized spacial score (nSPS) is 14.8. The van der Waals surface area contributed by atoms with Crippen molar-refractivity contribution in [1.82, 2.24) is 5.32 Å². The highest BCUT2D eigenvalue weighted by Crippen LogP contribution is 2.41. The van der Waals surface area contributed by atoms with Crippen molar-refractivity contribution < 1.29 is 14.0 Å². The molecule has 0 spiro atoms. The zero-order chi connectivity index (χ0) is 18.0. The fourth-order valence-corrected chi connectivity index (χ4v) is 2.97. The van der Waals surface area contributed by atoms with Gasteiger partial charge in [-0.25, -0.2) is 4.39 Å². The Bertz CT molecular complexity index is 794. The fraction of sp³-hybridized carbons (Fsp3) is 0.333. The number of hydrogen-bond donors (Lipinski definition) is 1. The van der Waals surface area contributed by atoms with E-state index in [1.807, 2.05) is 31.2 Å². The number of carbonyl (C=O) groups is 2. The first-order valence-electron chi connectivity index (χ1n) is 8.69. The van der Waals surface area contributed by atoms with Crippen LogP contribution in [0.15, 0.2) is 42.5 Å². The van der Waals surface area contributed by atoms with Crippen LogP contribution in [0.4, 0.5) is 4.39 Å². The van der Waals surface area contributed by atoms with Gasteiger partial charge >= 0.3 is 0 Å². The van der Waals surface area contributed by atoms with Crippen LogP contribution in [0.25, 0.3) is 0 Å². The van der Waals surface area contributed by atoms with E-state index in [1.165, 1.54) is 23.8 Å². The van der Waals surface area contributed by atoms with Crippen molar-refractivity contribution in [2.45, 2.75) is 39.2 Å². The zero-order valence-corrected chi connectivity index (χ0v) is 14.5. The highest BCUT2D eigenvalue weighted by atomic mass is 19.1. The number of nitrogens with one attached hydrogen (secondary N) is 1. The summed E-state index contributed by atoms with van der Waals surface area (Å²) in [7, 11) is 0. The fourth-order valence-electron chi connectivity index (χ4n) is 2.97. The SMILES string of the molecule is CCC(=O)c1cc(C(=O)NC(c2ccc(C)cc2)C2CC2)ccc1F. The Morgan fingerprint density at radius 2 is 1.84 bits per heavy atom. The van der Waals surface area contributed by atoms with E-state index in [0.717, 1.165) is 18.4 Å². The third-order valence-electron chi connectivity index (χ3n) is 4.67. The molecule has 2 aromatic carbocycles.